The summed E-state index contributed by atoms with van der Waals surface area (Å²) in [6.07, 6.45) is 9.70. The molecular formula is C16H26N4O. The Kier molecular flexibility index (Phi) is 4.29. The Balaban J connectivity index is 1.46. The van der Waals surface area contributed by atoms with Crippen LogP contribution in [0.5, 0.6) is 0 Å². The number of likely N-dealkylation sites (N-methyl/N-ethyl adjacent to an activating group) is 1. The fourth-order valence-electron chi connectivity index (χ4n) is 3.93. The minimum absolute atomic E-state index is 0.153. The third-order valence-electron chi connectivity index (χ3n) is 5.03. The van der Waals surface area contributed by atoms with Crippen molar-refractivity contribution in [2.45, 2.75) is 38.6 Å². The number of rotatable bonds is 6. The SMILES string of the molecule is CN(C)CCn1cc(NC(=O)C[C@@H]2C[C@H]3CC[C@H]2C3)cn1. The Morgan fingerprint density at radius 3 is 2.95 bits per heavy atom. The minimum Gasteiger partial charge on any atom is -0.323 e. The lowest BCUT2D eigenvalue weighted by Gasteiger charge is -2.20. The summed E-state index contributed by atoms with van der Waals surface area (Å²) in [7, 11) is 4.09. The number of fused-ring (bicyclic) bond motifs is 2. The highest BCUT2D eigenvalue weighted by Crippen LogP contribution is 2.49. The van der Waals surface area contributed by atoms with Gasteiger partial charge >= 0.3 is 0 Å². The summed E-state index contributed by atoms with van der Waals surface area (Å²) >= 11 is 0. The van der Waals surface area contributed by atoms with E-state index in [2.05, 4.69) is 15.3 Å². The second-order valence-corrected chi connectivity index (χ2v) is 6.98. The van der Waals surface area contributed by atoms with E-state index in [0.29, 0.717) is 12.3 Å². The largest absolute Gasteiger partial charge is 0.323 e. The molecule has 0 spiro atoms. The van der Waals surface area contributed by atoms with Crippen molar-refractivity contribution in [2.75, 3.05) is 26.0 Å². The molecule has 5 heteroatoms. The van der Waals surface area contributed by atoms with Crippen LogP contribution in [0.15, 0.2) is 12.4 Å². The van der Waals surface area contributed by atoms with E-state index >= 15 is 0 Å². The normalized spacial score (nSPS) is 27.5. The van der Waals surface area contributed by atoms with Crippen molar-refractivity contribution >= 4 is 11.6 Å². The Morgan fingerprint density at radius 1 is 1.43 bits per heavy atom. The molecular weight excluding hydrogens is 264 g/mol. The Hall–Kier alpha value is -1.36. The van der Waals surface area contributed by atoms with Crippen molar-refractivity contribution < 1.29 is 4.79 Å². The Labute approximate surface area is 126 Å². The molecule has 1 N–H and O–H groups in total. The van der Waals surface area contributed by atoms with E-state index in [1.807, 2.05) is 25.0 Å². The van der Waals surface area contributed by atoms with Crippen LogP contribution in [0, 0.1) is 17.8 Å². The van der Waals surface area contributed by atoms with Crippen LogP contribution >= 0.6 is 0 Å². The summed E-state index contributed by atoms with van der Waals surface area (Å²) in [6, 6.07) is 0. The summed E-state index contributed by atoms with van der Waals surface area (Å²) in [5.41, 5.74) is 0.821. The first-order valence-electron chi connectivity index (χ1n) is 8.07. The third-order valence-corrected chi connectivity index (χ3v) is 5.03. The number of aromatic nitrogens is 2. The first-order chi connectivity index (χ1) is 10.1. The Morgan fingerprint density at radius 2 is 2.29 bits per heavy atom. The van der Waals surface area contributed by atoms with E-state index < -0.39 is 0 Å². The van der Waals surface area contributed by atoms with E-state index in [1.165, 1.54) is 25.7 Å². The van der Waals surface area contributed by atoms with Crippen LogP contribution < -0.4 is 5.32 Å². The third kappa shape index (κ3) is 3.64. The highest BCUT2D eigenvalue weighted by Gasteiger charge is 2.40. The fourth-order valence-corrected chi connectivity index (χ4v) is 3.93. The lowest BCUT2D eigenvalue weighted by atomic mass is 9.86. The molecule has 2 aliphatic rings. The van der Waals surface area contributed by atoms with Crippen LogP contribution in [0.25, 0.3) is 0 Å². The zero-order chi connectivity index (χ0) is 14.8. The van der Waals surface area contributed by atoms with Gasteiger partial charge in [-0.3, -0.25) is 9.48 Å². The van der Waals surface area contributed by atoms with Crippen LogP contribution in [-0.4, -0.2) is 41.2 Å². The molecule has 2 aliphatic carbocycles. The molecule has 2 bridgehead atoms. The number of nitrogens with one attached hydrogen (secondary N) is 1. The number of carbonyl (C=O) groups is 1. The second-order valence-electron chi connectivity index (χ2n) is 6.98. The van der Waals surface area contributed by atoms with E-state index in [0.717, 1.165) is 30.6 Å². The first-order valence-corrected chi connectivity index (χ1v) is 8.07. The van der Waals surface area contributed by atoms with Gasteiger partial charge in [-0.05, 0) is 51.1 Å². The van der Waals surface area contributed by atoms with Gasteiger partial charge in [-0.15, -0.1) is 0 Å². The monoisotopic (exact) mass is 290 g/mol. The molecule has 0 aromatic carbocycles. The zero-order valence-electron chi connectivity index (χ0n) is 13.1. The topological polar surface area (TPSA) is 50.2 Å². The van der Waals surface area contributed by atoms with Gasteiger partial charge in [0.15, 0.2) is 0 Å². The lowest BCUT2D eigenvalue weighted by molar-refractivity contribution is -0.117. The van der Waals surface area contributed by atoms with Gasteiger partial charge in [0.2, 0.25) is 5.91 Å². The smallest absolute Gasteiger partial charge is 0.224 e. The number of carbonyl (C=O) groups excluding carboxylic acids is 1. The summed E-state index contributed by atoms with van der Waals surface area (Å²) in [4.78, 5) is 14.3. The number of hydrogen-bond donors (Lipinski definition) is 1. The maximum atomic E-state index is 12.2. The molecule has 3 atom stereocenters. The van der Waals surface area contributed by atoms with Gasteiger partial charge in [-0.2, -0.15) is 5.10 Å². The van der Waals surface area contributed by atoms with E-state index in [9.17, 15) is 4.79 Å². The Bertz CT molecular complexity index is 496. The van der Waals surface area contributed by atoms with E-state index in [4.69, 9.17) is 0 Å². The highest BCUT2D eigenvalue weighted by atomic mass is 16.1. The number of hydrogen-bond acceptors (Lipinski definition) is 3. The van der Waals surface area contributed by atoms with E-state index in [1.54, 1.807) is 6.20 Å². The number of nitrogens with zero attached hydrogens (tertiary/aromatic N) is 3. The molecule has 3 rings (SSSR count). The van der Waals surface area contributed by atoms with Gasteiger partial charge in [0.05, 0.1) is 18.4 Å². The van der Waals surface area contributed by atoms with Gasteiger partial charge in [-0.1, -0.05) is 6.42 Å². The standard InChI is InChI=1S/C16H26N4O/c1-19(2)5-6-20-11-15(10-17-20)18-16(21)9-14-8-12-3-4-13(14)7-12/h10-14H,3-9H2,1-2H3,(H,18,21)/t12-,13-,14-/m0/s1. The second kappa shape index (κ2) is 6.18. The van der Waals surface area contributed by atoms with Crippen LogP contribution in [0.4, 0.5) is 5.69 Å². The molecule has 5 nitrogen and oxygen atoms in total. The summed E-state index contributed by atoms with van der Waals surface area (Å²) in [6.45, 7) is 1.79. The predicted octanol–water partition coefficient (Wildman–Crippen LogP) is 2.21. The van der Waals surface area contributed by atoms with Gasteiger partial charge in [0.1, 0.15) is 0 Å². The van der Waals surface area contributed by atoms with Crippen LogP contribution in [0.3, 0.4) is 0 Å². The molecule has 0 saturated heterocycles. The van der Waals surface area contributed by atoms with Crippen molar-refractivity contribution in [3.63, 3.8) is 0 Å². The van der Waals surface area contributed by atoms with Gasteiger partial charge in [0.25, 0.3) is 0 Å². The van der Waals surface area contributed by atoms with Crippen molar-refractivity contribution in [3.05, 3.63) is 12.4 Å². The van der Waals surface area contributed by atoms with Gasteiger partial charge in [-0.25, -0.2) is 0 Å². The molecule has 0 unspecified atom stereocenters. The number of amides is 1. The quantitative estimate of drug-likeness (QED) is 0.874. The predicted molar refractivity (Wildman–Crippen MR) is 83.0 cm³/mol. The van der Waals surface area contributed by atoms with E-state index in [-0.39, 0.29) is 5.91 Å². The molecule has 2 fully saturated rings. The van der Waals surface area contributed by atoms with Crippen molar-refractivity contribution in [3.8, 4) is 0 Å². The highest BCUT2D eigenvalue weighted by molar-refractivity contribution is 5.90. The summed E-state index contributed by atoms with van der Waals surface area (Å²) < 4.78 is 1.88. The lowest BCUT2D eigenvalue weighted by Crippen LogP contribution is -2.20. The van der Waals surface area contributed by atoms with Crippen LogP contribution in [0.2, 0.25) is 0 Å². The summed E-state index contributed by atoms with van der Waals surface area (Å²) in [5, 5.41) is 7.29. The fraction of sp³-hybridized carbons (Fsp3) is 0.750. The van der Waals surface area contributed by atoms with Crippen molar-refractivity contribution in [2.24, 2.45) is 17.8 Å². The molecule has 1 aromatic heterocycles. The molecule has 116 valence electrons. The van der Waals surface area contributed by atoms with Gasteiger partial charge in [0, 0.05) is 19.2 Å². The van der Waals surface area contributed by atoms with Gasteiger partial charge < -0.3 is 10.2 Å². The molecule has 21 heavy (non-hydrogen) atoms. The molecule has 2 saturated carbocycles. The average Bonchev–Trinajstić information content (AvgIpc) is 3.12. The molecule has 1 heterocycles. The zero-order valence-corrected chi connectivity index (χ0v) is 13.1. The molecule has 1 amide bonds. The van der Waals surface area contributed by atoms with Crippen molar-refractivity contribution in [1.29, 1.82) is 0 Å². The number of anilines is 1. The van der Waals surface area contributed by atoms with Crippen LogP contribution in [0.1, 0.15) is 32.1 Å². The molecule has 0 aliphatic heterocycles. The molecule has 0 radical (unpaired) electrons. The molecule has 1 aromatic rings. The van der Waals surface area contributed by atoms with Crippen molar-refractivity contribution in [1.82, 2.24) is 14.7 Å². The van der Waals surface area contributed by atoms with Crippen LogP contribution in [-0.2, 0) is 11.3 Å². The maximum absolute atomic E-state index is 12.2. The minimum atomic E-state index is 0.153. The first kappa shape index (κ1) is 14.6. The maximum Gasteiger partial charge on any atom is 0.224 e. The average molecular weight is 290 g/mol. The summed E-state index contributed by atoms with van der Waals surface area (Å²) in [5.74, 6) is 2.48.